The molecule has 1 aromatic rings. The van der Waals surface area contributed by atoms with Crippen molar-refractivity contribution in [3.05, 3.63) is 24.0 Å². The summed E-state index contributed by atoms with van der Waals surface area (Å²) in [5.74, 6) is -1.72. The molecule has 0 saturated carbocycles. The molecule has 2 rings (SSSR count). The molecule has 1 amide bonds. The van der Waals surface area contributed by atoms with Crippen LogP contribution in [0.5, 0.6) is 0 Å². The van der Waals surface area contributed by atoms with Gasteiger partial charge in [0.2, 0.25) is 15.9 Å². The number of carboxylic acid groups (broad SMARTS) is 1. The molecule has 0 spiro atoms. The minimum atomic E-state index is -3.84. The van der Waals surface area contributed by atoms with Crippen LogP contribution in [0.3, 0.4) is 0 Å². The predicted octanol–water partition coefficient (Wildman–Crippen LogP) is -0.826. The summed E-state index contributed by atoms with van der Waals surface area (Å²) in [6, 6.07) is 1.35. The lowest BCUT2D eigenvalue weighted by Crippen LogP contribution is -2.32. The highest BCUT2D eigenvalue weighted by Gasteiger charge is 2.38. The predicted molar refractivity (Wildman–Crippen MR) is 65.1 cm³/mol. The lowest BCUT2D eigenvalue weighted by molar-refractivity contribution is -0.117. The fourth-order valence-corrected chi connectivity index (χ4v) is 2.65. The maximum Gasteiger partial charge on any atom is 0.339 e. The van der Waals surface area contributed by atoms with Crippen LogP contribution < -0.4 is 10.0 Å². The zero-order valence-corrected chi connectivity index (χ0v) is 10.5. The monoisotopic (exact) mass is 285 g/mol. The highest BCUT2D eigenvalue weighted by Crippen LogP contribution is 2.26. The van der Waals surface area contributed by atoms with Gasteiger partial charge in [0.25, 0.3) is 0 Å². The summed E-state index contributed by atoms with van der Waals surface area (Å²) in [4.78, 5) is 27.6. The normalized spacial score (nSPS) is 19.7. The number of aromatic nitrogens is 1. The largest absolute Gasteiger partial charge is 0.478 e. The second-order valence-corrected chi connectivity index (χ2v) is 5.96. The van der Waals surface area contributed by atoms with Gasteiger partial charge < -0.3 is 10.0 Å². The van der Waals surface area contributed by atoms with E-state index in [2.05, 4.69) is 4.98 Å². The third kappa shape index (κ3) is 2.56. The number of hydrogen-bond donors (Lipinski definition) is 2. The Morgan fingerprint density at radius 2 is 2.21 bits per heavy atom. The van der Waals surface area contributed by atoms with Crippen molar-refractivity contribution in [2.45, 2.75) is 11.7 Å². The second-order valence-electron chi connectivity index (χ2n) is 4.12. The van der Waals surface area contributed by atoms with Crippen molar-refractivity contribution in [3.8, 4) is 0 Å². The SMILES string of the molecule is NS(=O)(=O)C1CC(=O)N(c2ccncc2C(=O)O)C1. The van der Waals surface area contributed by atoms with E-state index in [1.54, 1.807) is 0 Å². The standard InChI is InChI=1S/C10H11N3O5S/c11-19(17,18)6-3-9(14)13(5-6)8-1-2-12-4-7(8)10(15)16/h1-2,4,6H,3,5H2,(H,15,16)(H2,11,17,18). The van der Waals surface area contributed by atoms with E-state index in [9.17, 15) is 18.0 Å². The number of hydrogen-bond acceptors (Lipinski definition) is 5. The maximum absolute atomic E-state index is 11.8. The van der Waals surface area contributed by atoms with Crippen LogP contribution in [-0.2, 0) is 14.8 Å². The molecular formula is C10H11N3O5S. The fraction of sp³-hybridized carbons (Fsp3) is 0.300. The Balaban J connectivity index is 2.39. The molecule has 0 aliphatic carbocycles. The van der Waals surface area contributed by atoms with Gasteiger partial charge in [0.1, 0.15) is 10.8 Å². The molecule has 19 heavy (non-hydrogen) atoms. The molecule has 1 saturated heterocycles. The molecule has 0 radical (unpaired) electrons. The van der Waals surface area contributed by atoms with Crippen molar-refractivity contribution in [1.82, 2.24) is 4.98 Å². The highest BCUT2D eigenvalue weighted by molar-refractivity contribution is 7.89. The van der Waals surface area contributed by atoms with Crippen molar-refractivity contribution >= 4 is 27.6 Å². The number of aromatic carboxylic acids is 1. The van der Waals surface area contributed by atoms with Crippen LogP contribution in [0.15, 0.2) is 18.5 Å². The Kier molecular flexibility index (Phi) is 3.25. The molecular weight excluding hydrogens is 274 g/mol. The molecule has 0 bridgehead atoms. The Morgan fingerprint density at radius 3 is 2.74 bits per heavy atom. The van der Waals surface area contributed by atoms with Gasteiger partial charge in [-0.2, -0.15) is 0 Å². The minimum absolute atomic E-state index is 0.124. The number of primary sulfonamides is 1. The summed E-state index contributed by atoms with van der Waals surface area (Å²) in [6.45, 7) is -0.151. The van der Waals surface area contributed by atoms with Crippen molar-refractivity contribution in [3.63, 3.8) is 0 Å². The maximum atomic E-state index is 11.8. The lowest BCUT2D eigenvalue weighted by atomic mass is 10.2. The van der Waals surface area contributed by atoms with Crippen molar-refractivity contribution in [2.75, 3.05) is 11.4 Å². The van der Waals surface area contributed by atoms with E-state index in [1.807, 2.05) is 0 Å². The van der Waals surface area contributed by atoms with Gasteiger partial charge in [-0.25, -0.2) is 18.4 Å². The molecule has 9 heteroatoms. The van der Waals surface area contributed by atoms with Crippen LogP contribution in [0, 0.1) is 0 Å². The molecule has 8 nitrogen and oxygen atoms in total. The lowest BCUT2D eigenvalue weighted by Gasteiger charge is -2.18. The second kappa shape index (κ2) is 4.59. The first kappa shape index (κ1) is 13.4. The van der Waals surface area contributed by atoms with E-state index in [1.165, 1.54) is 12.3 Å². The number of sulfonamides is 1. The Bertz CT molecular complexity index is 642. The molecule has 102 valence electrons. The van der Waals surface area contributed by atoms with Gasteiger partial charge in [-0.1, -0.05) is 0 Å². The molecule has 0 aromatic carbocycles. The van der Waals surface area contributed by atoms with Crippen molar-refractivity contribution in [2.24, 2.45) is 5.14 Å². The molecule has 2 heterocycles. The first-order valence-corrected chi connectivity index (χ1v) is 6.91. The third-order valence-corrected chi connectivity index (χ3v) is 4.12. The number of carbonyl (C=O) groups excluding carboxylic acids is 1. The quantitative estimate of drug-likeness (QED) is 0.745. The number of pyridine rings is 1. The van der Waals surface area contributed by atoms with Crippen LogP contribution in [0.4, 0.5) is 5.69 Å². The number of rotatable bonds is 3. The number of nitrogens with two attached hydrogens (primary N) is 1. The smallest absolute Gasteiger partial charge is 0.339 e. The zero-order valence-electron chi connectivity index (χ0n) is 9.68. The van der Waals surface area contributed by atoms with E-state index in [-0.39, 0.29) is 24.2 Å². The Hall–Kier alpha value is -2.00. The number of carbonyl (C=O) groups is 2. The number of nitrogens with zero attached hydrogens (tertiary/aromatic N) is 2. The summed E-state index contributed by atoms with van der Waals surface area (Å²) >= 11 is 0. The van der Waals surface area contributed by atoms with Crippen LogP contribution in [-0.4, -0.2) is 42.2 Å². The molecule has 1 aliphatic heterocycles. The van der Waals surface area contributed by atoms with Crippen molar-refractivity contribution in [1.29, 1.82) is 0 Å². The van der Waals surface area contributed by atoms with E-state index < -0.39 is 27.1 Å². The first-order chi connectivity index (χ1) is 8.80. The molecule has 1 fully saturated rings. The fourth-order valence-electron chi connectivity index (χ4n) is 1.91. The van der Waals surface area contributed by atoms with Crippen LogP contribution in [0.25, 0.3) is 0 Å². The van der Waals surface area contributed by atoms with Crippen LogP contribution >= 0.6 is 0 Å². The molecule has 1 atom stereocenters. The Morgan fingerprint density at radius 1 is 1.53 bits per heavy atom. The van der Waals surface area contributed by atoms with Gasteiger partial charge in [0, 0.05) is 25.4 Å². The molecule has 3 N–H and O–H groups in total. The zero-order chi connectivity index (χ0) is 14.2. The average molecular weight is 285 g/mol. The van der Waals surface area contributed by atoms with E-state index in [0.717, 1.165) is 11.1 Å². The number of carboxylic acids is 1. The molecule has 1 aliphatic rings. The summed E-state index contributed by atoms with van der Waals surface area (Å²) in [5, 5.41) is 13.0. The highest BCUT2D eigenvalue weighted by atomic mass is 32.2. The van der Waals surface area contributed by atoms with E-state index >= 15 is 0 Å². The molecule has 1 aromatic heterocycles. The van der Waals surface area contributed by atoms with Crippen LogP contribution in [0.2, 0.25) is 0 Å². The van der Waals surface area contributed by atoms with Gasteiger partial charge in [0.05, 0.1) is 5.69 Å². The average Bonchev–Trinajstić information content (AvgIpc) is 2.71. The number of anilines is 1. The van der Waals surface area contributed by atoms with E-state index in [0.29, 0.717) is 0 Å². The first-order valence-electron chi connectivity index (χ1n) is 5.30. The van der Waals surface area contributed by atoms with Gasteiger partial charge >= 0.3 is 5.97 Å². The number of amides is 1. The van der Waals surface area contributed by atoms with E-state index in [4.69, 9.17) is 10.2 Å². The summed E-state index contributed by atoms with van der Waals surface area (Å²) in [5.41, 5.74) is -0.0374. The Labute approximate surface area is 108 Å². The van der Waals surface area contributed by atoms with Gasteiger partial charge in [0.15, 0.2) is 0 Å². The van der Waals surface area contributed by atoms with Gasteiger partial charge in [-0.15, -0.1) is 0 Å². The third-order valence-electron chi connectivity index (χ3n) is 2.87. The van der Waals surface area contributed by atoms with Crippen molar-refractivity contribution < 1.29 is 23.1 Å². The summed E-state index contributed by atoms with van der Waals surface area (Å²) in [6.07, 6.45) is 2.19. The molecule has 1 unspecified atom stereocenters. The van der Waals surface area contributed by atoms with Gasteiger partial charge in [-0.05, 0) is 6.07 Å². The summed E-state index contributed by atoms with van der Waals surface area (Å²) in [7, 11) is -3.84. The minimum Gasteiger partial charge on any atom is -0.478 e. The summed E-state index contributed by atoms with van der Waals surface area (Å²) < 4.78 is 22.5. The van der Waals surface area contributed by atoms with Crippen LogP contribution in [0.1, 0.15) is 16.8 Å². The van der Waals surface area contributed by atoms with Gasteiger partial charge in [-0.3, -0.25) is 9.78 Å². The topological polar surface area (TPSA) is 131 Å².